The van der Waals surface area contributed by atoms with Gasteiger partial charge in [-0.15, -0.1) is 0 Å². The first-order valence-corrected chi connectivity index (χ1v) is 4.30. The van der Waals surface area contributed by atoms with Crippen LogP contribution in [0, 0.1) is 23.7 Å². The molecule has 2 aliphatic carbocycles. The summed E-state index contributed by atoms with van der Waals surface area (Å²) >= 11 is 0. The molecule has 3 nitrogen and oxygen atoms in total. The monoisotopic (exact) mass is 163 g/mol. The highest BCUT2D eigenvalue weighted by atomic mass is 16.2. The van der Waals surface area contributed by atoms with E-state index in [4.69, 9.17) is 0 Å². The average molecular weight is 163 g/mol. The number of hydrogen-bond acceptors (Lipinski definition) is 2. The zero-order valence-corrected chi connectivity index (χ0v) is 6.49. The summed E-state index contributed by atoms with van der Waals surface area (Å²) in [7, 11) is 0. The molecule has 0 aromatic rings. The summed E-state index contributed by atoms with van der Waals surface area (Å²) in [5.41, 5.74) is 0. The molecule has 0 radical (unpaired) electrons. The Hall–Kier alpha value is -1.12. The van der Waals surface area contributed by atoms with Gasteiger partial charge in [-0.1, -0.05) is 12.2 Å². The molecule has 2 bridgehead atoms. The number of allylic oxidation sites excluding steroid dienone is 2. The van der Waals surface area contributed by atoms with E-state index in [2.05, 4.69) is 17.5 Å². The van der Waals surface area contributed by atoms with Crippen molar-refractivity contribution < 1.29 is 9.59 Å². The van der Waals surface area contributed by atoms with Gasteiger partial charge in [-0.05, 0) is 18.3 Å². The minimum atomic E-state index is -0.0538. The Kier molecular flexibility index (Phi) is 0.953. The fourth-order valence-electron chi connectivity index (χ4n) is 2.83. The van der Waals surface area contributed by atoms with Crippen molar-refractivity contribution in [3.63, 3.8) is 0 Å². The average Bonchev–Trinajstić information content (AvgIpc) is 2.64. The zero-order valence-electron chi connectivity index (χ0n) is 6.49. The van der Waals surface area contributed by atoms with Crippen LogP contribution in [0.25, 0.3) is 0 Å². The molecule has 3 heteroatoms. The molecule has 0 spiro atoms. The van der Waals surface area contributed by atoms with E-state index in [0.29, 0.717) is 11.8 Å². The van der Waals surface area contributed by atoms with Crippen molar-refractivity contribution in [2.75, 3.05) is 0 Å². The van der Waals surface area contributed by atoms with Crippen LogP contribution >= 0.6 is 0 Å². The SMILES string of the molecule is O=C1NC(=O)[C@H]2C3C=CC(C3)[C@@H]12. The van der Waals surface area contributed by atoms with E-state index in [-0.39, 0.29) is 23.7 Å². The van der Waals surface area contributed by atoms with E-state index in [0.717, 1.165) is 6.42 Å². The normalized spacial score (nSPS) is 48.3. The third-order valence-electron chi connectivity index (χ3n) is 3.31. The van der Waals surface area contributed by atoms with E-state index >= 15 is 0 Å². The Morgan fingerprint density at radius 1 is 1.08 bits per heavy atom. The van der Waals surface area contributed by atoms with Gasteiger partial charge in [0.1, 0.15) is 0 Å². The fraction of sp³-hybridized carbons (Fsp3) is 0.556. The molecule has 2 unspecified atom stereocenters. The number of carbonyl (C=O) groups is 2. The number of hydrogen-bond donors (Lipinski definition) is 1. The molecule has 1 saturated heterocycles. The lowest BCUT2D eigenvalue weighted by atomic mass is 9.85. The largest absolute Gasteiger partial charge is 0.296 e. The first kappa shape index (κ1) is 6.40. The summed E-state index contributed by atoms with van der Waals surface area (Å²) in [6.07, 6.45) is 5.18. The molecule has 3 rings (SSSR count). The molecule has 62 valence electrons. The maximum atomic E-state index is 11.3. The van der Waals surface area contributed by atoms with Crippen LogP contribution in [0.1, 0.15) is 6.42 Å². The lowest BCUT2D eigenvalue weighted by Gasteiger charge is -2.14. The van der Waals surface area contributed by atoms with Crippen molar-refractivity contribution in [1.82, 2.24) is 5.32 Å². The summed E-state index contributed by atoms with van der Waals surface area (Å²) in [6, 6.07) is 0. The maximum absolute atomic E-state index is 11.3. The van der Waals surface area contributed by atoms with E-state index < -0.39 is 0 Å². The molecule has 3 aliphatic rings. The second-order valence-electron chi connectivity index (χ2n) is 3.85. The van der Waals surface area contributed by atoms with Gasteiger partial charge < -0.3 is 0 Å². The number of imide groups is 1. The van der Waals surface area contributed by atoms with Gasteiger partial charge in [0.15, 0.2) is 0 Å². The number of rotatable bonds is 0. The third kappa shape index (κ3) is 0.543. The van der Waals surface area contributed by atoms with Crippen LogP contribution in [0.4, 0.5) is 0 Å². The van der Waals surface area contributed by atoms with Crippen LogP contribution in [-0.2, 0) is 9.59 Å². The molecule has 2 fully saturated rings. The van der Waals surface area contributed by atoms with Gasteiger partial charge in [-0.2, -0.15) is 0 Å². The Morgan fingerprint density at radius 2 is 1.58 bits per heavy atom. The van der Waals surface area contributed by atoms with Gasteiger partial charge in [-0.25, -0.2) is 0 Å². The van der Waals surface area contributed by atoms with E-state index in [1.165, 1.54) is 0 Å². The van der Waals surface area contributed by atoms with Crippen LogP contribution in [0.3, 0.4) is 0 Å². The van der Waals surface area contributed by atoms with Crippen molar-refractivity contribution in [3.8, 4) is 0 Å². The maximum Gasteiger partial charge on any atom is 0.231 e. The Morgan fingerprint density at radius 3 is 2.08 bits per heavy atom. The zero-order chi connectivity index (χ0) is 8.29. The summed E-state index contributed by atoms with van der Waals surface area (Å²) in [6.45, 7) is 0. The number of carbonyl (C=O) groups excluding carboxylic acids is 2. The summed E-state index contributed by atoms with van der Waals surface area (Å²) in [5, 5.41) is 2.40. The smallest absolute Gasteiger partial charge is 0.231 e. The standard InChI is InChI=1S/C9H9NO2/c11-8-6-4-1-2-5(3-4)7(6)9(12)10-8/h1-2,4-7H,3H2,(H,10,11,12)/t4?,5?,6-,7+. The van der Waals surface area contributed by atoms with Crippen LogP contribution in [-0.4, -0.2) is 11.8 Å². The Bertz CT molecular complexity index is 280. The molecule has 0 aromatic heterocycles. The first-order chi connectivity index (χ1) is 5.77. The fourth-order valence-corrected chi connectivity index (χ4v) is 2.83. The topological polar surface area (TPSA) is 46.2 Å². The van der Waals surface area contributed by atoms with Gasteiger partial charge >= 0.3 is 0 Å². The van der Waals surface area contributed by atoms with Gasteiger partial charge in [0.05, 0.1) is 11.8 Å². The first-order valence-electron chi connectivity index (χ1n) is 4.30. The van der Waals surface area contributed by atoms with Gasteiger partial charge in [0.2, 0.25) is 11.8 Å². The summed E-state index contributed by atoms with van der Waals surface area (Å²) in [4.78, 5) is 22.6. The number of fused-ring (bicyclic) bond motifs is 5. The highest BCUT2D eigenvalue weighted by molar-refractivity contribution is 6.06. The van der Waals surface area contributed by atoms with Crippen molar-refractivity contribution in [2.45, 2.75) is 6.42 Å². The molecule has 1 N–H and O–H groups in total. The molecule has 1 aliphatic heterocycles. The number of nitrogens with one attached hydrogen (secondary N) is 1. The predicted octanol–water partition coefficient (Wildman–Crippen LogP) is 0.0811. The molecular formula is C9H9NO2. The Balaban J connectivity index is 2.08. The molecule has 2 amide bonds. The van der Waals surface area contributed by atoms with Crippen molar-refractivity contribution in [2.24, 2.45) is 23.7 Å². The van der Waals surface area contributed by atoms with Crippen LogP contribution < -0.4 is 5.32 Å². The molecular weight excluding hydrogens is 154 g/mol. The van der Waals surface area contributed by atoms with E-state index in [1.54, 1.807) is 0 Å². The minimum Gasteiger partial charge on any atom is -0.296 e. The Labute approximate surface area is 69.8 Å². The summed E-state index contributed by atoms with van der Waals surface area (Å²) in [5.74, 6) is 0.501. The van der Waals surface area contributed by atoms with Crippen LogP contribution in [0.5, 0.6) is 0 Å². The van der Waals surface area contributed by atoms with Crippen molar-refractivity contribution in [3.05, 3.63) is 12.2 Å². The second-order valence-corrected chi connectivity index (χ2v) is 3.85. The van der Waals surface area contributed by atoms with E-state index in [9.17, 15) is 9.59 Å². The molecule has 12 heavy (non-hydrogen) atoms. The lowest BCUT2D eigenvalue weighted by molar-refractivity contribution is -0.126. The van der Waals surface area contributed by atoms with Gasteiger partial charge in [-0.3, -0.25) is 14.9 Å². The van der Waals surface area contributed by atoms with Crippen molar-refractivity contribution in [1.29, 1.82) is 0 Å². The third-order valence-corrected chi connectivity index (χ3v) is 3.31. The summed E-state index contributed by atoms with van der Waals surface area (Å²) < 4.78 is 0. The van der Waals surface area contributed by atoms with Crippen LogP contribution in [0.2, 0.25) is 0 Å². The van der Waals surface area contributed by atoms with E-state index in [1.807, 2.05) is 0 Å². The van der Waals surface area contributed by atoms with Crippen molar-refractivity contribution >= 4 is 11.8 Å². The van der Waals surface area contributed by atoms with Gasteiger partial charge in [0, 0.05) is 0 Å². The quantitative estimate of drug-likeness (QED) is 0.406. The predicted molar refractivity (Wildman–Crippen MR) is 40.9 cm³/mol. The molecule has 1 heterocycles. The second kappa shape index (κ2) is 1.79. The highest BCUT2D eigenvalue weighted by Crippen LogP contribution is 2.50. The molecule has 4 atom stereocenters. The highest BCUT2D eigenvalue weighted by Gasteiger charge is 2.55. The minimum absolute atomic E-state index is 0.0347. The number of amides is 2. The molecule has 1 saturated carbocycles. The van der Waals surface area contributed by atoms with Gasteiger partial charge in [0.25, 0.3) is 0 Å². The molecule has 0 aromatic carbocycles. The lowest BCUT2D eigenvalue weighted by Crippen LogP contribution is -2.25. The van der Waals surface area contributed by atoms with Crippen LogP contribution in [0.15, 0.2) is 12.2 Å².